The molecule has 0 atom stereocenters. The zero-order valence-corrected chi connectivity index (χ0v) is 11.5. The monoisotopic (exact) mass is 286 g/mol. The fourth-order valence-electron chi connectivity index (χ4n) is 1.40. The van der Waals surface area contributed by atoms with Crippen LogP contribution in [0.3, 0.4) is 0 Å². The first kappa shape index (κ1) is 13.0. The maximum Gasteiger partial charge on any atom is 0.258 e. The van der Waals surface area contributed by atoms with E-state index in [1.54, 1.807) is 24.3 Å². The highest BCUT2D eigenvalue weighted by Crippen LogP contribution is 2.42. The summed E-state index contributed by atoms with van der Waals surface area (Å²) >= 11 is 5.78. The van der Waals surface area contributed by atoms with Gasteiger partial charge in [-0.05, 0) is 24.3 Å². The third-order valence-electron chi connectivity index (χ3n) is 2.10. The van der Waals surface area contributed by atoms with Crippen LogP contribution in [0.15, 0.2) is 30.5 Å². The smallest absolute Gasteiger partial charge is 0.258 e. The quantitative estimate of drug-likeness (QED) is 0.880. The molecule has 1 aromatic heterocycles. The molecule has 0 unspecified atom stereocenters. The van der Waals surface area contributed by atoms with Gasteiger partial charge in [0.1, 0.15) is 0 Å². The molecular formula is C11H12ClN2O3P. The summed E-state index contributed by atoms with van der Waals surface area (Å²) in [6.45, 7) is 2.93. The Hall–Kier alpha value is -1.45. The van der Waals surface area contributed by atoms with Gasteiger partial charge in [0.2, 0.25) is 13.1 Å². The number of aromatic hydroxyl groups is 1. The first-order valence-electron chi connectivity index (χ1n) is 5.14. The third kappa shape index (κ3) is 2.86. The van der Waals surface area contributed by atoms with Crippen molar-refractivity contribution in [1.29, 1.82) is 0 Å². The Kier molecular flexibility index (Phi) is 3.37. The fraction of sp³-hybridized carbons (Fsp3) is 0.182. The summed E-state index contributed by atoms with van der Waals surface area (Å²) in [7, 11) is -2.74. The predicted octanol–water partition coefficient (Wildman–Crippen LogP) is 3.15. The molecule has 96 valence electrons. The number of hydrogen-bond acceptors (Lipinski definition) is 4. The summed E-state index contributed by atoms with van der Waals surface area (Å²) in [6.07, 6.45) is 1.32. The molecular weight excluding hydrogens is 275 g/mol. The molecule has 1 aromatic carbocycles. The van der Waals surface area contributed by atoms with Crippen molar-refractivity contribution in [2.75, 3.05) is 13.3 Å². The first-order valence-corrected chi connectivity index (χ1v) is 8.04. The van der Waals surface area contributed by atoms with Crippen molar-refractivity contribution in [3.05, 3.63) is 35.5 Å². The molecule has 0 spiro atoms. The molecule has 0 radical (unpaired) electrons. The van der Waals surface area contributed by atoms with E-state index < -0.39 is 7.37 Å². The molecule has 0 bridgehead atoms. The fourth-order valence-corrected chi connectivity index (χ4v) is 2.13. The molecule has 5 nitrogen and oxygen atoms in total. The Labute approximate surface area is 109 Å². The van der Waals surface area contributed by atoms with E-state index in [-0.39, 0.29) is 11.6 Å². The Morgan fingerprint density at radius 3 is 2.50 bits per heavy atom. The standard InChI is InChI=1S/C11H12ClN2O3P/c1-18(2,16)17-10-7-13-14(11(10)15)9-5-3-8(12)4-6-9/h3-7,15H,1-2H3. The lowest BCUT2D eigenvalue weighted by atomic mass is 10.3. The Morgan fingerprint density at radius 1 is 1.33 bits per heavy atom. The van der Waals surface area contributed by atoms with Crippen molar-refractivity contribution in [1.82, 2.24) is 9.78 Å². The molecule has 0 saturated carbocycles. The van der Waals surface area contributed by atoms with Gasteiger partial charge in [0.25, 0.3) is 5.88 Å². The minimum Gasteiger partial charge on any atom is -0.491 e. The van der Waals surface area contributed by atoms with Crippen LogP contribution in [-0.4, -0.2) is 28.2 Å². The second-order valence-electron chi connectivity index (χ2n) is 4.06. The lowest BCUT2D eigenvalue weighted by molar-refractivity contribution is 0.405. The SMILES string of the molecule is CP(C)(=O)Oc1cnn(-c2ccc(Cl)cc2)c1O. The number of aromatic nitrogens is 2. The van der Waals surface area contributed by atoms with Crippen LogP contribution in [0.2, 0.25) is 5.02 Å². The van der Waals surface area contributed by atoms with E-state index in [1.165, 1.54) is 24.2 Å². The summed E-state index contributed by atoms with van der Waals surface area (Å²) in [4.78, 5) is 0. The van der Waals surface area contributed by atoms with Crippen LogP contribution in [0.1, 0.15) is 0 Å². The van der Waals surface area contributed by atoms with Crippen molar-refractivity contribution in [2.45, 2.75) is 0 Å². The van der Waals surface area contributed by atoms with Crippen molar-refractivity contribution < 1.29 is 14.2 Å². The van der Waals surface area contributed by atoms with E-state index in [1.807, 2.05) is 0 Å². The van der Waals surface area contributed by atoms with Gasteiger partial charge >= 0.3 is 0 Å². The number of benzene rings is 1. The average Bonchev–Trinajstić information content (AvgIpc) is 2.60. The lowest BCUT2D eigenvalue weighted by Crippen LogP contribution is -1.95. The van der Waals surface area contributed by atoms with E-state index in [0.29, 0.717) is 10.7 Å². The molecule has 0 amide bonds. The Bertz CT molecular complexity index is 603. The highest BCUT2D eigenvalue weighted by molar-refractivity contribution is 7.57. The van der Waals surface area contributed by atoms with Gasteiger partial charge in [0.15, 0.2) is 0 Å². The van der Waals surface area contributed by atoms with E-state index >= 15 is 0 Å². The maximum atomic E-state index is 11.5. The highest BCUT2D eigenvalue weighted by Gasteiger charge is 2.17. The molecule has 7 heteroatoms. The summed E-state index contributed by atoms with van der Waals surface area (Å²) < 4.78 is 18.0. The van der Waals surface area contributed by atoms with E-state index in [0.717, 1.165) is 0 Å². The van der Waals surface area contributed by atoms with Crippen LogP contribution in [0, 0.1) is 0 Å². The van der Waals surface area contributed by atoms with Gasteiger partial charge in [0, 0.05) is 18.4 Å². The molecule has 0 aliphatic heterocycles. The number of halogens is 1. The number of hydrogen-bond donors (Lipinski definition) is 1. The number of rotatable bonds is 3. The van der Waals surface area contributed by atoms with Crippen LogP contribution >= 0.6 is 19.0 Å². The van der Waals surface area contributed by atoms with Crippen LogP contribution in [-0.2, 0) is 4.57 Å². The molecule has 2 rings (SSSR count). The van der Waals surface area contributed by atoms with Crippen LogP contribution in [0.4, 0.5) is 0 Å². The van der Waals surface area contributed by atoms with Gasteiger partial charge in [-0.3, -0.25) is 4.57 Å². The molecule has 0 aliphatic carbocycles. The van der Waals surface area contributed by atoms with Gasteiger partial charge in [-0.1, -0.05) is 11.6 Å². The molecule has 1 N–H and O–H groups in total. The summed E-state index contributed by atoms with van der Waals surface area (Å²) in [5.41, 5.74) is 0.633. The zero-order valence-electron chi connectivity index (χ0n) is 9.87. The van der Waals surface area contributed by atoms with Gasteiger partial charge < -0.3 is 9.63 Å². The van der Waals surface area contributed by atoms with Crippen LogP contribution in [0.25, 0.3) is 5.69 Å². The molecule has 18 heavy (non-hydrogen) atoms. The predicted molar refractivity (Wildman–Crippen MR) is 70.3 cm³/mol. The zero-order chi connectivity index (χ0) is 13.3. The molecule has 2 aromatic rings. The Morgan fingerprint density at radius 2 is 1.94 bits per heavy atom. The van der Waals surface area contributed by atoms with Gasteiger partial charge in [0.05, 0.1) is 11.9 Å². The van der Waals surface area contributed by atoms with Crippen LogP contribution in [0.5, 0.6) is 11.6 Å². The maximum absolute atomic E-state index is 11.5. The third-order valence-corrected chi connectivity index (χ3v) is 2.99. The van der Waals surface area contributed by atoms with E-state index in [2.05, 4.69) is 5.10 Å². The molecule has 0 aliphatic rings. The Balaban J connectivity index is 2.36. The molecule has 0 saturated heterocycles. The molecule has 1 heterocycles. The van der Waals surface area contributed by atoms with Crippen molar-refractivity contribution in [3.8, 4) is 17.3 Å². The minimum atomic E-state index is -2.74. The largest absolute Gasteiger partial charge is 0.491 e. The topological polar surface area (TPSA) is 64.3 Å². The van der Waals surface area contributed by atoms with E-state index in [9.17, 15) is 9.67 Å². The number of nitrogens with zero attached hydrogens (tertiary/aromatic N) is 2. The lowest BCUT2D eigenvalue weighted by Gasteiger charge is -2.08. The van der Waals surface area contributed by atoms with Crippen molar-refractivity contribution in [3.63, 3.8) is 0 Å². The van der Waals surface area contributed by atoms with Crippen molar-refractivity contribution in [2.24, 2.45) is 0 Å². The second kappa shape index (κ2) is 4.67. The average molecular weight is 287 g/mol. The van der Waals surface area contributed by atoms with Gasteiger partial charge in [-0.2, -0.15) is 9.78 Å². The summed E-state index contributed by atoms with van der Waals surface area (Å²) in [5.74, 6) is -0.0977. The molecule has 0 fully saturated rings. The van der Waals surface area contributed by atoms with E-state index in [4.69, 9.17) is 16.1 Å². The normalized spacial score (nSPS) is 11.5. The highest BCUT2D eigenvalue weighted by atomic mass is 35.5. The van der Waals surface area contributed by atoms with Gasteiger partial charge in [-0.25, -0.2) is 0 Å². The van der Waals surface area contributed by atoms with Crippen molar-refractivity contribution >= 4 is 19.0 Å². The first-order chi connectivity index (χ1) is 8.37. The summed E-state index contributed by atoms with van der Waals surface area (Å²) in [6, 6.07) is 6.78. The van der Waals surface area contributed by atoms with Crippen LogP contribution < -0.4 is 4.52 Å². The summed E-state index contributed by atoms with van der Waals surface area (Å²) in [5, 5.41) is 14.5. The van der Waals surface area contributed by atoms with Gasteiger partial charge in [-0.15, -0.1) is 0 Å². The second-order valence-corrected chi connectivity index (χ2v) is 7.19. The minimum absolute atomic E-state index is 0.0956.